The minimum absolute atomic E-state index is 0.00313. The van der Waals surface area contributed by atoms with Gasteiger partial charge >= 0.3 is 21.6 Å². The van der Waals surface area contributed by atoms with Crippen LogP contribution in [-0.2, 0) is 21.3 Å². The molecule has 0 amide bonds. The van der Waals surface area contributed by atoms with Crippen molar-refractivity contribution in [2.45, 2.75) is 30.1 Å². The number of pyridine rings is 1. The number of alkyl halides is 3. The van der Waals surface area contributed by atoms with Crippen LogP contribution in [0.4, 0.5) is 13.2 Å². The van der Waals surface area contributed by atoms with Gasteiger partial charge in [-0.1, -0.05) is 18.7 Å². The van der Waals surface area contributed by atoms with Crippen LogP contribution in [-0.4, -0.2) is 42.7 Å². The maximum atomic E-state index is 12.7. The van der Waals surface area contributed by atoms with Crippen molar-refractivity contribution >= 4 is 49.5 Å². The van der Waals surface area contributed by atoms with Crippen molar-refractivity contribution in [3.63, 3.8) is 0 Å². The van der Waals surface area contributed by atoms with Crippen molar-refractivity contribution in [2.75, 3.05) is 12.9 Å². The zero-order valence-corrected chi connectivity index (χ0v) is 16.2. The number of rotatable bonds is 6. The number of aryl methyl sites for hydroxylation is 1. The molecule has 0 aliphatic carbocycles. The van der Waals surface area contributed by atoms with Gasteiger partial charge < -0.3 is 8.92 Å². The summed E-state index contributed by atoms with van der Waals surface area (Å²) >= 11 is 2.46. The maximum Gasteiger partial charge on any atom is 0.534 e. The van der Waals surface area contributed by atoms with E-state index in [4.69, 9.17) is 4.74 Å². The maximum absolute atomic E-state index is 12.7. The van der Waals surface area contributed by atoms with Crippen molar-refractivity contribution in [1.82, 2.24) is 9.97 Å². The Hall–Kier alpha value is -1.60. The molecule has 144 valence electrons. The van der Waals surface area contributed by atoms with Crippen molar-refractivity contribution in [2.24, 2.45) is 0 Å². The fraction of sp³-hybridized carbons (Fsp3) is 0.462. The quantitative estimate of drug-likeness (QED) is 0.298. The van der Waals surface area contributed by atoms with Crippen molar-refractivity contribution in [3.8, 4) is 5.88 Å². The van der Waals surface area contributed by atoms with Gasteiger partial charge in [0.25, 0.3) is 5.88 Å². The van der Waals surface area contributed by atoms with E-state index in [0.29, 0.717) is 9.04 Å². The van der Waals surface area contributed by atoms with Crippen LogP contribution in [0.5, 0.6) is 5.88 Å². The van der Waals surface area contributed by atoms with Gasteiger partial charge in [0.05, 0.1) is 11.3 Å². The average molecular weight is 430 g/mol. The fourth-order valence-electron chi connectivity index (χ4n) is 2.01. The lowest BCUT2D eigenvalue weighted by atomic mass is 10.1. The molecule has 0 aromatic carbocycles. The largest absolute Gasteiger partial charge is 0.534 e. The second kappa shape index (κ2) is 7.56. The molecule has 0 aliphatic heterocycles. The van der Waals surface area contributed by atoms with Crippen molar-refractivity contribution in [1.29, 1.82) is 0 Å². The number of fused-ring (bicyclic) bond motifs is 1. The highest BCUT2D eigenvalue weighted by molar-refractivity contribution is 8.00. The van der Waals surface area contributed by atoms with E-state index in [-0.39, 0.29) is 24.2 Å². The normalized spacial score (nSPS) is 12.4. The summed E-state index contributed by atoms with van der Waals surface area (Å²) in [6, 6.07) is 0. The number of carbonyl (C=O) groups excluding carboxylic acids is 1. The topological polar surface area (TPSA) is 95.5 Å². The minimum atomic E-state index is -6.01. The lowest BCUT2D eigenvalue weighted by Crippen LogP contribution is -2.29. The number of nitrogens with zero attached hydrogens (tertiary/aromatic N) is 2. The third-order valence-corrected chi connectivity index (χ3v) is 6.10. The molecule has 2 heterocycles. The van der Waals surface area contributed by atoms with E-state index in [2.05, 4.69) is 14.2 Å². The summed E-state index contributed by atoms with van der Waals surface area (Å²) in [5.74, 6) is -2.02. The molecule has 13 heteroatoms. The van der Waals surface area contributed by atoms with Crippen LogP contribution in [0.1, 0.15) is 29.8 Å². The number of esters is 1. The molecule has 0 radical (unpaired) electrons. The first-order valence-corrected chi connectivity index (χ1v) is 10.6. The first-order valence-electron chi connectivity index (χ1n) is 7.10. The first kappa shape index (κ1) is 20.7. The van der Waals surface area contributed by atoms with Crippen LogP contribution in [0.2, 0.25) is 0 Å². The fourth-order valence-corrected chi connectivity index (χ4v) is 4.05. The second-order valence-electron chi connectivity index (χ2n) is 4.66. The summed E-state index contributed by atoms with van der Waals surface area (Å²) in [6.07, 6.45) is 1.94. The highest BCUT2D eigenvalue weighted by atomic mass is 32.2. The Labute approximate surface area is 155 Å². The SMILES string of the molecule is CCOC(=O)c1c(OS(=O)(=O)C(F)(F)F)nc2nc(SC)sc2c1CC. The van der Waals surface area contributed by atoms with E-state index in [9.17, 15) is 26.4 Å². The highest BCUT2D eigenvalue weighted by Crippen LogP contribution is 2.37. The number of thioether (sulfide) groups is 1. The third kappa shape index (κ3) is 3.88. The lowest BCUT2D eigenvalue weighted by Gasteiger charge is -2.14. The molecule has 0 fully saturated rings. The van der Waals surface area contributed by atoms with Crippen LogP contribution >= 0.6 is 23.1 Å². The van der Waals surface area contributed by atoms with Gasteiger partial charge in [-0.2, -0.15) is 26.6 Å². The van der Waals surface area contributed by atoms with Crippen LogP contribution in [0, 0.1) is 0 Å². The molecule has 7 nitrogen and oxygen atoms in total. The van der Waals surface area contributed by atoms with E-state index in [0.717, 1.165) is 0 Å². The van der Waals surface area contributed by atoms with Gasteiger partial charge in [-0.25, -0.2) is 9.78 Å². The molecule has 2 aromatic heterocycles. The number of hydrogen-bond acceptors (Lipinski definition) is 9. The molecule has 0 N–H and O–H groups in total. The summed E-state index contributed by atoms with van der Waals surface area (Å²) in [6.45, 7) is 3.09. The lowest BCUT2D eigenvalue weighted by molar-refractivity contribution is -0.0501. The summed E-state index contributed by atoms with van der Waals surface area (Å²) < 4.78 is 70.8. The van der Waals surface area contributed by atoms with Gasteiger partial charge in [-0.15, -0.1) is 11.3 Å². The Balaban J connectivity index is 2.77. The average Bonchev–Trinajstić information content (AvgIpc) is 2.95. The van der Waals surface area contributed by atoms with Gasteiger partial charge in [0.1, 0.15) is 5.56 Å². The molecule has 2 rings (SSSR count). The Morgan fingerprint density at radius 1 is 1.27 bits per heavy atom. The smallest absolute Gasteiger partial charge is 0.462 e. The van der Waals surface area contributed by atoms with Crippen LogP contribution in [0.25, 0.3) is 10.3 Å². The van der Waals surface area contributed by atoms with Gasteiger partial charge in [-0.3, -0.25) is 0 Å². The molecule has 0 aliphatic rings. The molecular formula is C13H13F3N2O5S3. The molecule has 0 saturated carbocycles. The second-order valence-corrected chi connectivity index (χ2v) is 8.25. The van der Waals surface area contributed by atoms with Crippen molar-refractivity contribution in [3.05, 3.63) is 11.1 Å². The Bertz CT molecular complexity index is 941. The minimum Gasteiger partial charge on any atom is -0.462 e. The summed E-state index contributed by atoms with van der Waals surface area (Å²) in [4.78, 5) is 20.1. The number of carbonyl (C=O) groups is 1. The highest BCUT2D eigenvalue weighted by Gasteiger charge is 2.49. The Kier molecular flexibility index (Phi) is 6.02. The molecule has 26 heavy (non-hydrogen) atoms. The molecule has 0 saturated heterocycles. The van der Waals surface area contributed by atoms with Crippen molar-refractivity contribution < 1.29 is 35.3 Å². The predicted molar refractivity (Wildman–Crippen MR) is 90.1 cm³/mol. The summed E-state index contributed by atoms with van der Waals surface area (Å²) in [5, 5.41) is 0. The third-order valence-electron chi connectivity index (χ3n) is 3.07. The van der Waals surface area contributed by atoms with Crippen LogP contribution in [0.3, 0.4) is 0 Å². The molecular weight excluding hydrogens is 417 g/mol. The molecule has 0 unspecified atom stereocenters. The van der Waals surface area contributed by atoms with Crippen LogP contribution in [0.15, 0.2) is 4.34 Å². The van der Waals surface area contributed by atoms with E-state index in [1.54, 1.807) is 13.2 Å². The number of ether oxygens (including phenoxy) is 1. The zero-order chi connectivity index (χ0) is 19.7. The van der Waals surface area contributed by atoms with E-state index in [1.165, 1.54) is 30.0 Å². The van der Waals surface area contributed by atoms with Gasteiger partial charge in [0.2, 0.25) is 0 Å². The van der Waals surface area contributed by atoms with E-state index in [1.807, 2.05) is 0 Å². The standard InChI is InChI=1S/C13H13F3N2O5S3/c1-4-6-7(11(19)22-5-2)10(23-26(20,21)13(14,15)16)17-9-8(6)25-12(18-9)24-3/h4-5H2,1-3H3. The number of halogens is 3. The van der Waals surface area contributed by atoms with Gasteiger partial charge in [0.15, 0.2) is 9.99 Å². The summed E-state index contributed by atoms with van der Waals surface area (Å²) in [7, 11) is -6.01. The Morgan fingerprint density at radius 3 is 2.42 bits per heavy atom. The molecule has 0 atom stereocenters. The predicted octanol–water partition coefficient (Wildman–Crippen LogP) is 3.38. The monoisotopic (exact) mass is 430 g/mol. The van der Waals surface area contributed by atoms with Gasteiger partial charge in [-0.05, 0) is 25.2 Å². The Morgan fingerprint density at radius 2 is 1.92 bits per heavy atom. The first-order chi connectivity index (χ1) is 12.1. The van der Waals surface area contributed by atoms with Crippen LogP contribution < -0.4 is 4.18 Å². The van der Waals surface area contributed by atoms with E-state index >= 15 is 0 Å². The van der Waals surface area contributed by atoms with Gasteiger partial charge in [0, 0.05) is 0 Å². The number of hydrogen-bond donors (Lipinski definition) is 0. The molecule has 2 aromatic rings. The zero-order valence-electron chi connectivity index (χ0n) is 13.7. The molecule has 0 spiro atoms. The molecule has 0 bridgehead atoms. The summed E-state index contributed by atoms with van der Waals surface area (Å²) in [5.41, 5.74) is -5.87. The number of thiazole rings is 1. The number of aromatic nitrogens is 2. The van der Waals surface area contributed by atoms with E-state index < -0.39 is 33.0 Å².